The molecule has 0 atom stereocenters. The van der Waals surface area contributed by atoms with Crippen LogP contribution in [0.4, 0.5) is 0 Å². The van der Waals surface area contributed by atoms with Crippen molar-refractivity contribution in [2.45, 2.75) is 19.9 Å². The third-order valence-electron chi connectivity index (χ3n) is 2.34. The molecule has 0 spiro atoms. The summed E-state index contributed by atoms with van der Waals surface area (Å²) in [7, 11) is 2.56. The molecular weight excluding hydrogens is 254 g/mol. The fraction of sp³-hybridized carbons (Fsp3) is 0.636. The van der Waals surface area contributed by atoms with Crippen LogP contribution in [0.5, 0.6) is 0 Å². The summed E-state index contributed by atoms with van der Waals surface area (Å²) in [6, 6.07) is 0. The number of nitrogens with zero attached hydrogens (tertiary/aromatic N) is 3. The highest BCUT2D eigenvalue weighted by molar-refractivity contribution is 5.74. The van der Waals surface area contributed by atoms with Crippen molar-refractivity contribution in [1.29, 1.82) is 0 Å². The van der Waals surface area contributed by atoms with Crippen LogP contribution in [0.25, 0.3) is 0 Å². The molecule has 0 saturated heterocycles. The maximum absolute atomic E-state index is 11.3. The molecule has 0 N–H and O–H groups in total. The molecule has 0 saturated carbocycles. The van der Waals surface area contributed by atoms with E-state index in [1.54, 1.807) is 0 Å². The summed E-state index contributed by atoms with van der Waals surface area (Å²) < 4.78 is 14.1. The number of aryl methyl sites for hydroxylation is 1. The maximum atomic E-state index is 11.3. The number of carbonyl (C=O) groups is 2. The number of carbonyl (C=O) groups excluding carboxylic acids is 2. The first-order valence-electron chi connectivity index (χ1n) is 5.76. The second-order valence-corrected chi connectivity index (χ2v) is 3.76. The minimum Gasteiger partial charge on any atom is -0.468 e. The molecule has 106 valence electrons. The third-order valence-corrected chi connectivity index (χ3v) is 2.34. The lowest BCUT2D eigenvalue weighted by Crippen LogP contribution is -2.35. The normalized spacial score (nSPS) is 10.5. The van der Waals surface area contributed by atoms with Gasteiger partial charge in [0.2, 0.25) is 5.89 Å². The average Bonchev–Trinajstić information content (AvgIpc) is 2.85. The molecule has 8 heteroatoms. The number of ether oxygens (including phenoxy) is 2. The van der Waals surface area contributed by atoms with Gasteiger partial charge in [0, 0.05) is 6.42 Å². The van der Waals surface area contributed by atoms with Crippen molar-refractivity contribution in [2.24, 2.45) is 0 Å². The fourth-order valence-electron chi connectivity index (χ4n) is 1.36. The summed E-state index contributed by atoms with van der Waals surface area (Å²) in [5, 5.41) is 3.76. The molecule has 0 bridgehead atoms. The average molecular weight is 271 g/mol. The second-order valence-electron chi connectivity index (χ2n) is 3.76. The van der Waals surface area contributed by atoms with Crippen LogP contribution in [0.15, 0.2) is 4.52 Å². The van der Waals surface area contributed by atoms with E-state index in [2.05, 4.69) is 19.6 Å². The van der Waals surface area contributed by atoms with Crippen LogP contribution in [0.2, 0.25) is 0 Å². The molecule has 0 radical (unpaired) electrons. The smallest absolute Gasteiger partial charge is 0.319 e. The van der Waals surface area contributed by atoms with E-state index in [9.17, 15) is 9.59 Å². The summed E-state index contributed by atoms with van der Waals surface area (Å²) in [4.78, 5) is 28.2. The number of esters is 2. The molecule has 0 aliphatic heterocycles. The van der Waals surface area contributed by atoms with Gasteiger partial charge < -0.3 is 14.0 Å². The predicted molar refractivity (Wildman–Crippen MR) is 63.0 cm³/mol. The van der Waals surface area contributed by atoms with Crippen molar-refractivity contribution in [3.8, 4) is 0 Å². The molecule has 0 aliphatic rings. The Morgan fingerprint density at radius 1 is 1.21 bits per heavy atom. The van der Waals surface area contributed by atoms with E-state index < -0.39 is 11.9 Å². The number of hydrogen-bond acceptors (Lipinski definition) is 8. The largest absolute Gasteiger partial charge is 0.468 e. The van der Waals surface area contributed by atoms with Gasteiger partial charge in [0.05, 0.1) is 33.9 Å². The molecule has 0 amide bonds. The number of methoxy groups -OCH3 is 2. The molecule has 0 unspecified atom stereocenters. The van der Waals surface area contributed by atoms with Crippen molar-refractivity contribution in [1.82, 2.24) is 15.0 Å². The molecule has 1 aromatic heterocycles. The van der Waals surface area contributed by atoms with Gasteiger partial charge in [-0.05, 0) is 0 Å². The monoisotopic (exact) mass is 271 g/mol. The molecule has 0 aliphatic carbocycles. The predicted octanol–water partition coefficient (Wildman–Crippen LogP) is -0.220. The highest BCUT2D eigenvalue weighted by Gasteiger charge is 2.18. The van der Waals surface area contributed by atoms with Crippen molar-refractivity contribution in [3.05, 3.63) is 11.7 Å². The lowest BCUT2D eigenvalue weighted by atomic mass is 10.4. The Labute approximate surface area is 110 Å². The standard InChI is InChI=1S/C11H17N3O5/c1-4-9-12-8(13-19-9)5-14(6-10(15)17-2)7-11(16)18-3/h4-7H2,1-3H3. The van der Waals surface area contributed by atoms with Crippen molar-refractivity contribution >= 4 is 11.9 Å². The van der Waals surface area contributed by atoms with Crippen LogP contribution in [-0.4, -0.2) is 54.3 Å². The Morgan fingerprint density at radius 2 is 1.79 bits per heavy atom. The Bertz CT molecular complexity index is 414. The zero-order valence-electron chi connectivity index (χ0n) is 11.2. The first kappa shape index (κ1) is 15.1. The Balaban J connectivity index is 2.66. The Hall–Kier alpha value is -1.96. The van der Waals surface area contributed by atoms with E-state index in [1.165, 1.54) is 19.1 Å². The van der Waals surface area contributed by atoms with E-state index in [-0.39, 0.29) is 19.6 Å². The van der Waals surface area contributed by atoms with Gasteiger partial charge in [0.15, 0.2) is 5.82 Å². The van der Waals surface area contributed by atoms with Crippen LogP contribution in [-0.2, 0) is 32.0 Å². The first-order valence-corrected chi connectivity index (χ1v) is 5.76. The SMILES string of the molecule is CCc1nc(CN(CC(=O)OC)CC(=O)OC)no1. The van der Waals surface area contributed by atoms with Crippen LogP contribution >= 0.6 is 0 Å². The highest BCUT2D eigenvalue weighted by Crippen LogP contribution is 2.03. The lowest BCUT2D eigenvalue weighted by molar-refractivity contribution is -0.145. The number of rotatable bonds is 7. The number of aromatic nitrogens is 2. The highest BCUT2D eigenvalue weighted by atomic mass is 16.5. The minimum atomic E-state index is -0.455. The summed E-state index contributed by atoms with van der Waals surface area (Å²) in [5.74, 6) is 0.00182. The van der Waals surface area contributed by atoms with Gasteiger partial charge in [-0.2, -0.15) is 4.98 Å². The molecular formula is C11H17N3O5. The van der Waals surface area contributed by atoms with Gasteiger partial charge in [-0.1, -0.05) is 12.1 Å². The lowest BCUT2D eigenvalue weighted by Gasteiger charge is -2.17. The quantitative estimate of drug-likeness (QED) is 0.628. The summed E-state index contributed by atoms with van der Waals surface area (Å²) in [6.07, 6.45) is 0.626. The summed E-state index contributed by atoms with van der Waals surface area (Å²) >= 11 is 0. The molecule has 0 fully saturated rings. The van der Waals surface area contributed by atoms with E-state index in [4.69, 9.17) is 4.52 Å². The third kappa shape index (κ3) is 5.04. The number of hydrogen-bond donors (Lipinski definition) is 0. The second kappa shape index (κ2) is 7.47. The molecule has 1 heterocycles. The zero-order valence-corrected chi connectivity index (χ0v) is 11.2. The van der Waals surface area contributed by atoms with Gasteiger partial charge in [-0.25, -0.2) is 0 Å². The molecule has 8 nitrogen and oxygen atoms in total. The first-order chi connectivity index (χ1) is 9.08. The van der Waals surface area contributed by atoms with Gasteiger partial charge in [-0.3, -0.25) is 14.5 Å². The minimum absolute atomic E-state index is 0.0540. The topological polar surface area (TPSA) is 94.8 Å². The van der Waals surface area contributed by atoms with Gasteiger partial charge in [0.1, 0.15) is 0 Å². The summed E-state index contributed by atoms with van der Waals surface area (Å²) in [5.41, 5.74) is 0. The van der Waals surface area contributed by atoms with Crippen molar-refractivity contribution in [3.63, 3.8) is 0 Å². The van der Waals surface area contributed by atoms with Crippen molar-refractivity contribution in [2.75, 3.05) is 27.3 Å². The summed E-state index contributed by atoms with van der Waals surface area (Å²) in [6.45, 7) is 1.98. The van der Waals surface area contributed by atoms with E-state index in [0.717, 1.165) is 0 Å². The van der Waals surface area contributed by atoms with Gasteiger partial charge in [-0.15, -0.1) is 0 Å². The zero-order chi connectivity index (χ0) is 14.3. The van der Waals surface area contributed by atoms with E-state index in [1.807, 2.05) is 6.92 Å². The molecule has 1 aromatic rings. The van der Waals surface area contributed by atoms with E-state index >= 15 is 0 Å². The molecule has 1 rings (SSSR count). The van der Waals surface area contributed by atoms with Gasteiger partial charge in [0.25, 0.3) is 0 Å². The van der Waals surface area contributed by atoms with Crippen LogP contribution in [0.1, 0.15) is 18.6 Å². The van der Waals surface area contributed by atoms with Crippen molar-refractivity contribution < 1.29 is 23.6 Å². The van der Waals surface area contributed by atoms with Gasteiger partial charge >= 0.3 is 11.9 Å². The molecule has 19 heavy (non-hydrogen) atoms. The van der Waals surface area contributed by atoms with Crippen LogP contribution in [0, 0.1) is 0 Å². The molecule has 0 aromatic carbocycles. The Kier molecular flexibility index (Phi) is 5.94. The maximum Gasteiger partial charge on any atom is 0.319 e. The fourth-order valence-corrected chi connectivity index (χ4v) is 1.36. The van der Waals surface area contributed by atoms with Crippen LogP contribution < -0.4 is 0 Å². The van der Waals surface area contributed by atoms with E-state index in [0.29, 0.717) is 18.1 Å². The Morgan fingerprint density at radius 3 is 2.21 bits per heavy atom. The van der Waals surface area contributed by atoms with Crippen LogP contribution in [0.3, 0.4) is 0 Å².